The molecule has 0 heterocycles. The summed E-state index contributed by atoms with van der Waals surface area (Å²) in [5, 5.41) is 0. The molecule has 0 N–H and O–H groups in total. The maximum Gasteiger partial charge on any atom is 0.573 e. The van der Waals surface area contributed by atoms with Gasteiger partial charge in [0.15, 0.2) is 0 Å². The van der Waals surface area contributed by atoms with Crippen LogP contribution in [-0.2, 0) is 0 Å². The lowest BCUT2D eigenvalue weighted by molar-refractivity contribution is -0.274. The highest BCUT2D eigenvalue weighted by atomic mass is 79.9. The van der Waals surface area contributed by atoms with E-state index in [1.54, 1.807) is 0 Å². The van der Waals surface area contributed by atoms with Crippen molar-refractivity contribution in [2.75, 3.05) is 26.2 Å². The average Bonchev–Trinajstić information content (AvgIpc) is 2.36. The van der Waals surface area contributed by atoms with Gasteiger partial charge in [-0.25, -0.2) is 0 Å². The minimum atomic E-state index is -4.70. The smallest absolute Gasteiger partial charge is 0.491 e. The zero-order chi connectivity index (χ0) is 15.2. The molecule has 0 spiro atoms. The molecule has 0 amide bonds. The van der Waals surface area contributed by atoms with Crippen LogP contribution in [0.5, 0.6) is 11.5 Å². The Bertz CT molecular complexity index is 423. The normalized spacial score (nSPS) is 11.8. The van der Waals surface area contributed by atoms with E-state index < -0.39 is 6.36 Å². The molecule has 0 aliphatic rings. The van der Waals surface area contributed by atoms with Gasteiger partial charge in [-0.2, -0.15) is 0 Å². The van der Waals surface area contributed by atoms with Crippen LogP contribution in [0.1, 0.15) is 13.8 Å². The molecular weight excluding hydrogens is 339 g/mol. The van der Waals surface area contributed by atoms with Crippen LogP contribution in [0, 0.1) is 0 Å². The monoisotopic (exact) mass is 355 g/mol. The van der Waals surface area contributed by atoms with Crippen molar-refractivity contribution in [2.24, 2.45) is 0 Å². The lowest BCUT2D eigenvalue weighted by Crippen LogP contribution is -2.27. The molecule has 0 saturated heterocycles. The Morgan fingerprint density at radius 1 is 1.20 bits per heavy atom. The summed E-state index contributed by atoms with van der Waals surface area (Å²) in [5.41, 5.74) is 0. The van der Waals surface area contributed by atoms with Crippen LogP contribution in [0.4, 0.5) is 13.2 Å². The summed E-state index contributed by atoms with van der Waals surface area (Å²) in [4.78, 5) is 2.16. The summed E-state index contributed by atoms with van der Waals surface area (Å²) >= 11 is 3.24. The highest BCUT2D eigenvalue weighted by molar-refractivity contribution is 9.10. The largest absolute Gasteiger partial charge is 0.573 e. The van der Waals surface area contributed by atoms with E-state index >= 15 is 0 Å². The van der Waals surface area contributed by atoms with Crippen molar-refractivity contribution in [1.29, 1.82) is 0 Å². The molecule has 7 heteroatoms. The summed E-state index contributed by atoms with van der Waals surface area (Å²) in [6.07, 6.45) is -4.70. The molecule has 1 aromatic carbocycles. The third-order valence-corrected chi connectivity index (χ3v) is 3.35. The second-order valence-electron chi connectivity index (χ2n) is 4.02. The minimum absolute atomic E-state index is 0.293. The van der Waals surface area contributed by atoms with Gasteiger partial charge < -0.3 is 14.4 Å². The van der Waals surface area contributed by atoms with Crippen molar-refractivity contribution in [1.82, 2.24) is 4.90 Å². The fourth-order valence-electron chi connectivity index (χ4n) is 1.62. The average molecular weight is 356 g/mol. The van der Waals surface area contributed by atoms with E-state index in [1.165, 1.54) is 18.2 Å². The van der Waals surface area contributed by atoms with Crippen molar-refractivity contribution in [2.45, 2.75) is 20.2 Å². The van der Waals surface area contributed by atoms with Crippen LogP contribution in [0.2, 0.25) is 0 Å². The van der Waals surface area contributed by atoms with E-state index in [-0.39, 0.29) is 5.75 Å². The fourth-order valence-corrected chi connectivity index (χ4v) is 1.98. The number of hydrogen-bond donors (Lipinski definition) is 0. The summed E-state index contributed by atoms with van der Waals surface area (Å²) in [6, 6.07) is 3.92. The van der Waals surface area contributed by atoms with Crippen molar-refractivity contribution in [3.63, 3.8) is 0 Å². The van der Waals surface area contributed by atoms with Crippen molar-refractivity contribution in [3.8, 4) is 11.5 Å². The molecule has 0 fully saturated rings. The Morgan fingerprint density at radius 2 is 1.85 bits per heavy atom. The standard InChI is InChI=1S/C13H17BrF3NO2/c1-3-18(4-2)7-8-19-12-9-10(5-6-11(12)14)20-13(15,16)17/h5-6,9H,3-4,7-8H2,1-2H3. The first-order valence-corrected chi connectivity index (χ1v) is 7.05. The molecule has 0 saturated carbocycles. The van der Waals surface area contributed by atoms with Gasteiger partial charge >= 0.3 is 6.36 Å². The molecule has 114 valence electrons. The topological polar surface area (TPSA) is 21.7 Å². The quantitative estimate of drug-likeness (QED) is 0.735. The first kappa shape index (κ1) is 17.1. The van der Waals surface area contributed by atoms with E-state index in [4.69, 9.17) is 4.74 Å². The second-order valence-corrected chi connectivity index (χ2v) is 4.87. The predicted octanol–water partition coefficient (Wildman–Crippen LogP) is 4.07. The molecular formula is C13H17BrF3NO2. The van der Waals surface area contributed by atoms with Gasteiger partial charge in [0.1, 0.15) is 18.1 Å². The van der Waals surface area contributed by atoms with Gasteiger partial charge in [-0.3, -0.25) is 0 Å². The first-order valence-electron chi connectivity index (χ1n) is 6.26. The number of ether oxygens (including phenoxy) is 2. The van der Waals surface area contributed by atoms with Crippen molar-refractivity contribution >= 4 is 15.9 Å². The van der Waals surface area contributed by atoms with Gasteiger partial charge in [0.2, 0.25) is 0 Å². The molecule has 0 radical (unpaired) electrons. The van der Waals surface area contributed by atoms with Gasteiger partial charge in [-0.1, -0.05) is 13.8 Å². The molecule has 0 unspecified atom stereocenters. The SMILES string of the molecule is CCN(CC)CCOc1cc(OC(F)(F)F)ccc1Br. The lowest BCUT2D eigenvalue weighted by atomic mass is 10.3. The second kappa shape index (κ2) is 7.73. The lowest BCUT2D eigenvalue weighted by Gasteiger charge is -2.18. The van der Waals surface area contributed by atoms with Crippen LogP contribution in [0.15, 0.2) is 22.7 Å². The molecule has 3 nitrogen and oxygen atoms in total. The van der Waals surface area contributed by atoms with Crippen LogP contribution < -0.4 is 9.47 Å². The zero-order valence-corrected chi connectivity index (χ0v) is 12.9. The number of halogens is 4. The molecule has 0 aliphatic carbocycles. The molecule has 1 aromatic rings. The van der Waals surface area contributed by atoms with E-state index in [9.17, 15) is 13.2 Å². The van der Waals surface area contributed by atoms with Gasteiger partial charge in [0.25, 0.3) is 0 Å². The van der Waals surface area contributed by atoms with Crippen LogP contribution in [-0.4, -0.2) is 37.5 Å². The van der Waals surface area contributed by atoms with E-state index in [2.05, 4.69) is 25.6 Å². The number of likely N-dealkylation sites (N-methyl/N-ethyl adjacent to an activating group) is 1. The Balaban J connectivity index is 2.62. The highest BCUT2D eigenvalue weighted by Crippen LogP contribution is 2.32. The Kier molecular flexibility index (Phi) is 6.61. The van der Waals surface area contributed by atoms with Gasteiger partial charge in [0.05, 0.1) is 4.47 Å². The first-order chi connectivity index (χ1) is 9.35. The predicted molar refractivity (Wildman–Crippen MR) is 74.1 cm³/mol. The summed E-state index contributed by atoms with van der Waals surface area (Å²) in [5.74, 6) is 0.0393. The molecule has 1 rings (SSSR count). The number of nitrogens with zero attached hydrogens (tertiary/aromatic N) is 1. The number of benzene rings is 1. The van der Waals surface area contributed by atoms with Crippen molar-refractivity contribution in [3.05, 3.63) is 22.7 Å². The third kappa shape index (κ3) is 6.00. The number of hydrogen-bond acceptors (Lipinski definition) is 3. The Hall–Kier alpha value is -0.950. The van der Waals surface area contributed by atoms with Gasteiger partial charge in [-0.05, 0) is 41.2 Å². The molecule has 0 atom stereocenters. The Morgan fingerprint density at radius 3 is 2.40 bits per heavy atom. The van der Waals surface area contributed by atoms with Gasteiger partial charge in [-0.15, -0.1) is 13.2 Å². The maximum absolute atomic E-state index is 12.1. The van der Waals surface area contributed by atoms with Gasteiger partial charge in [0, 0.05) is 12.6 Å². The summed E-state index contributed by atoms with van der Waals surface area (Å²) in [6.45, 7) is 6.99. The van der Waals surface area contributed by atoms with E-state index in [0.717, 1.165) is 13.1 Å². The van der Waals surface area contributed by atoms with Crippen LogP contribution >= 0.6 is 15.9 Å². The Labute approximate surface area is 124 Å². The van der Waals surface area contributed by atoms with E-state index in [1.807, 2.05) is 13.8 Å². The molecule has 0 bridgehead atoms. The summed E-state index contributed by atoms with van der Waals surface area (Å²) in [7, 11) is 0. The van der Waals surface area contributed by atoms with Crippen LogP contribution in [0.3, 0.4) is 0 Å². The summed E-state index contributed by atoms with van der Waals surface area (Å²) < 4.78 is 46.4. The fraction of sp³-hybridized carbons (Fsp3) is 0.538. The molecule has 20 heavy (non-hydrogen) atoms. The van der Waals surface area contributed by atoms with E-state index in [0.29, 0.717) is 23.4 Å². The number of alkyl halides is 3. The minimum Gasteiger partial charge on any atom is -0.491 e. The molecule has 0 aliphatic heterocycles. The maximum atomic E-state index is 12.1. The highest BCUT2D eigenvalue weighted by Gasteiger charge is 2.31. The van der Waals surface area contributed by atoms with Crippen LogP contribution in [0.25, 0.3) is 0 Å². The van der Waals surface area contributed by atoms with Crippen molar-refractivity contribution < 1.29 is 22.6 Å². The number of rotatable bonds is 7. The third-order valence-electron chi connectivity index (χ3n) is 2.70. The molecule has 0 aromatic heterocycles. The zero-order valence-electron chi connectivity index (χ0n) is 11.3.